The zero-order chi connectivity index (χ0) is 12.5. The number of carbonyl (C=O) groups is 1. The molecule has 2 aliphatic rings. The van der Waals surface area contributed by atoms with Crippen LogP contribution in [0.3, 0.4) is 0 Å². The first-order valence-electron chi connectivity index (χ1n) is 6.16. The van der Waals surface area contributed by atoms with Gasteiger partial charge in [-0.1, -0.05) is 23.7 Å². The van der Waals surface area contributed by atoms with Crippen LogP contribution in [0.5, 0.6) is 0 Å². The minimum absolute atomic E-state index is 0.0108. The summed E-state index contributed by atoms with van der Waals surface area (Å²) in [5.74, 6) is 0. The van der Waals surface area contributed by atoms with Gasteiger partial charge in [0.25, 0.3) is 0 Å². The van der Waals surface area contributed by atoms with Crippen LogP contribution in [0.1, 0.15) is 17.5 Å². The van der Waals surface area contributed by atoms with Gasteiger partial charge in [0.1, 0.15) is 6.10 Å². The molecule has 3 rings (SSSR count). The van der Waals surface area contributed by atoms with Crippen molar-refractivity contribution in [2.24, 2.45) is 0 Å². The number of hydrogen-bond donors (Lipinski definition) is 1. The summed E-state index contributed by atoms with van der Waals surface area (Å²) in [6.07, 6.45) is 0.667. The molecule has 18 heavy (non-hydrogen) atoms. The van der Waals surface area contributed by atoms with E-state index in [-0.39, 0.29) is 12.2 Å². The van der Waals surface area contributed by atoms with Crippen LogP contribution in [-0.2, 0) is 17.8 Å². The molecule has 1 saturated heterocycles. The Morgan fingerprint density at radius 2 is 2.33 bits per heavy atom. The van der Waals surface area contributed by atoms with Gasteiger partial charge in [-0.2, -0.15) is 0 Å². The molecular formula is C13H15ClN2O2. The maximum absolute atomic E-state index is 12.0. The fourth-order valence-corrected chi connectivity index (χ4v) is 2.71. The van der Waals surface area contributed by atoms with E-state index in [1.807, 2.05) is 18.2 Å². The second-order valence-electron chi connectivity index (χ2n) is 4.73. The van der Waals surface area contributed by atoms with Crippen LogP contribution in [0.25, 0.3) is 0 Å². The van der Waals surface area contributed by atoms with Crippen LogP contribution >= 0.6 is 11.6 Å². The van der Waals surface area contributed by atoms with E-state index < -0.39 is 0 Å². The lowest BCUT2D eigenvalue weighted by Gasteiger charge is -2.18. The van der Waals surface area contributed by atoms with Crippen LogP contribution in [0.15, 0.2) is 18.2 Å². The quantitative estimate of drug-likeness (QED) is 0.847. The van der Waals surface area contributed by atoms with E-state index in [1.54, 1.807) is 4.90 Å². The number of amides is 1. The molecule has 5 heteroatoms. The Bertz CT molecular complexity index is 472. The predicted octanol–water partition coefficient (Wildman–Crippen LogP) is 2.15. The van der Waals surface area contributed by atoms with Gasteiger partial charge < -0.3 is 10.1 Å². The Morgan fingerprint density at radius 1 is 1.44 bits per heavy atom. The van der Waals surface area contributed by atoms with Crippen LogP contribution in [0, 0.1) is 0 Å². The monoisotopic (exact) mass is 266 g/mol. The third-order valence-electron chi connectivity index (χ3n) is 3.47. The number of halogens is 1. The molecule has 1 amide bonds. The minimum atomic E-state index is -0.240. The highest BCUT2D eigenvalue weighted by Gasteiger charge is 2.28. The van der Waals surface area contributed by atoms with Crippen molar-refractivity contribution in [2.45, 2.75) is 25.6 Å². The summed E-state index contributed by atoms with van der Waals surface area (Å²) in [6, 6.07) is 5.78. The molecule has 4 nitrogen and oxygen atoms in total. The van der Waals surface area contributed by atoms with E-state index in [0.29, 0.717) is 13.1 Å². The zero-order valence-electron chi connectivity index (χ0n) is 9.99. The molecule has 1 fully saturated rings. The van der Waals surface area contributed by atoms with Crippen molar-refractivity contribution >= 4 is 17.7 Å². The lowest BCUT2D eigenvalue weighted by atomic mass is 10.1. The first-order chi connectivity index (χ1) is 8.74. The molecule has 0 bridgehead atoms. The van der Waals surface area contributed by atoms with E-state index in [1.165, 1.54) is 0 Å². The van der Waals surface area contributed by atoms with Crippen LogP contribution in [0.2, 0.25) is 5.02 Å². The number of rotatable bonds is 1. The van der Waals surface area contributed by atoms with Crippen molar-refractivity contribution in [1.82, 2.24) is 10.2 Å². The lowest BCUT2D eigenvalue weighted by molar-refractivity contribution is 0.0695. The highest BCUT2D eigenvalue weighted by molar-refractivity contribution is 6.31. The van der Waals surface area contributed by atoms with Crippen molar-refractivity contribution in [3.63, 3.8) is 0 Å². The second kappa shape index (κ2) is 4.78. The Hall–Kier alpha value is -1.26. The summed E-state index contributed by atoms with van der Waals surface area (Å²) in [7, 11) is 0. The molecule has 1 atom stereocenters. The smallest absolute Gasteiger partial charge is 0.410 e. The molecule has 0 aliphatic carbocycles. The fraction of sp³-hybridized carbons (Fsp3) is 0.462. The number of nitrogens with one attached hydrogen (secondary N) is 1. The predicted molar refractivity (Wildman–Crippen MR) is 68.5 cm³/mol. The van der Waals surface area contributed by atoms with Gasteiger partial charge in [-0.25, -0.2) is 4.79 Å². The maximum atomic E-state index is 12.0. The maximum Gasteiger partial charge on any atom is 0.410 e. The van der Waals surface area contributed by atoms with Gasteiger partial charge in [0.2, 0.25) is 0 Å². The second-order valence-corrected chi connectivity index (χ2v) is 5.14. The van der Waals surface area contributed by atoms with Gasteiger partial charge in [-0.15, -0.1) is 0 Å². The highest BCUT2D eigenvalue weighted by Crippen LogP contribution is 2.29. The molecule has 2 aliphatic heterocycles. The molecule has 0 spiro atoms. The van der Waals surface area contributed by atoms with Gasteiger partial charge in [-0.05, 0) is 30.2 Å². The minimum Gasteiger partial charge on any atom is -0.445 e. The van der Waals surface area contributed by atoms with Crippen LogP contribution in [0.4, 0.5) is 4.79 Å². The van der Waals surface area contributed by atoms with E-state index in [2.05, 4.69) is 5.32 Å². The van der Waals surface area contributed by atoms with E-state index >= 15 is 0 Å². The Labute approximate surface area is 111 Å². The van der Waals surface area contributed by atoms with Crippen molar-refractivity contribution in [2.75, 3.05) is 13.1 Å². The molecule has 0 saturated carbocycles. The standard InChI is InChI=1S/C13H15ClN2O2/c14-12-3-1-2-9-7-16(8-11(9)12)13(17)18-10-4-5-15-6-10/h1-3,10,15H,4-8H2. The average Bonchev–Trinajstić information content (AvgIpc) is 2.97. The summed E-state index contributed by atoms with van der Waals surface area (Å²) >= 11 is 6.12. The molecule has 0 aromatic heterocycles. The zero-order valence-corrected chi connectivity index (χ0v) is 10.7. The van der Waals surface area contributed by atoms with Crippen LogP contribution in [-0.4, -0.2) is 30.2 Å². The number of carbonyl (C=O) groups excluding carboxylic acids is 1. The third-order valence-corrected chi connectivity index (χ3v) is 3.82. The molecule has 96 valence electrons. The Balaban J connectivity index is 1.66. The average molecular weight is 267 g/mol. The van der Waals surface area contributed by atoms with Gasteiger partial charge >= 0.3 is 6.09 Å². The molecule has 1 unspecified atom stereocenters. The summed E-state index contributed by atoms with van der Waals surface area (Å²) < 4.78 is 5.45. The summed E-state index contributed by atoms with van der Waals surface area (Å²) in [4.78, 5) is 13.7. The number of benzene rings is 1. The van der Waals surface area contributed by atoms with Gasteiger partial charge in [0.05, 0.1) is 6.54 Å². The first kappa shape index (κ1) is 11.8. The summed E-state index contributed by atoms with van der Waals surface area (Å²) in [5.41, 5.74) is 2.16. The van der Waals surface area contributed by atoms with Gasteiger partial charge in [0.15, 0.2) is 0 Å². The lowest BCUT2D eigenvalue weighted by Crippen LogP contribution is -2.31. The van der Waals surface area contributed by atoms with Gasteiger partial charge in [0, 0.05) is 18.1 Å². The number of nitrogens with zero attached hydrogens (tertiary/aromatic N) is 1. The topological polar surface area (TPSA) is 41.6 Å². The number of hydrogen-bond acceptors (Lipinski definition) is 3. The molecule has 2 heterocycles. The van der Waals surface area contributed by atoms with E-state index in [9.17, 15) is 4.79 Å². The summed E-state index contributed by atoms with van der Waals surface area (Å²) in [5, 5.41) is 3.90. The molecule has 1 N–H and O–H groups in total. The van der Waals surface area contributed by atoms with E-state index in [0.717, 1.165) is 35.7 Å². The normalized spacial score (nSPS) is 22.1. The first-order valence-corrected chi connectivity index (χ1v) is 6.54. The van der Waals surface area contributed by atoms with Crippen molar-refractivity contribution < 1.29 is 9.53 Å². The summed E-state index contributed by atoms with van der Waals surface area (Å²) in [6.45, 7) is 2.82. The largest absolute Gasteiger partial charge is 0.445 e. The highest BCUT2D eigenvalue weighted by atomic mass is 35.5. The van der Waals surface area contributed by atoms with Crippen molar-refractivity contribution in [3.05, 3.63) is 34.3 Å². The molecule has 0 radical (unpaired) electrons. The molecule has 1 aromatic carbocycles. The number of fused-ring (bicyclic) bond motifs is 1. The molecular weight excluding hydrogens is 252 g/mol. The fourth-order valence-electron chi connectivity index (χ4n) is 2.46. The van der Waals surface area contributed by atoms with Gasteiger partial charge in [-0.3, -0.25) is 4.90 Å². The Kier molecular flexibility index (Phi) is 3.14. The molecule has 1 aromatic rings. The Morgan fingerprint density at radius 3 is 3.06 bits per heavy atom. The third kappa shape index (κ3) is 2.18. The number of ether oxygens (including phenoxy) is 1. The van der Waals surface area contributed by atoms with Crippen molar-refractivity contribution in [1.29, 1.82) is 0 Å². The van der Waals surface area contributed by atoms with Crippen molar-refractivity contribution in [3.8, 4) is 0 Å². The SMILES string of the molecule is O=C(OC1CCNC1)N1Cc2cccc(Cl)c2C1. The van der Waals surface area contributed by atoms with Crippen LogP contribution < -0.4 is 5.32 Å². The van der Waals surface area contributed by atoms with E-state index in [4.69, 9.17) is 16.3 Å².